The zero-order valence-corrected chi connectivity index (χ0v) is 9.71. The molecule has 1 aliphatic rings. The number of fused-ring (bicyclic) bond motifs is 1. The standard InChI is InChI=1S/C14H18O/c1-10(2)11-4-5-13-9-14(15-3)7-6-12(13)8-11/h4-5,8-10H,6-7H2,1-3H3. The molecule has 0 aromatic heterocycles. The summed E-state index contributed by atoms with van der Waals surface area (Å²) in [7, 11) is 1.75. The third kappa shape index (κ3) is 2.06. The van der Waals surface area contributed by atoms with Crippen LogP contribution in [0.5, 0.6) is 0 Å². The Labute approximate surface area is 91.8 Å². The van der Waals surface area contributed by atoms with Crippen molar-refractivity contribution >= 4 is 6.08 Å². The minimum absolute atomic E-state index is 0.614. The molecule has 0 saturated heterocycles. The van der Waals surface area contributed by atoms with Gasteiger partial charge in [0.05, 0.1) is 12.9 Å². The third-order valence-corrected chi connectivity index (χ3v) is 3.05. The normalized spacial score (nSPS) is 14.8. The van der Waals surface area contributed by atoms with Gasteiger partial charge in [-0.05, 0) is 35.1 Å². The molecule has 0 aliphatic heterocycles. The van der Waals surface area contributed by atoms with Crippen LogP contribution in [0.25, 0.3) is 6.08 Å². The molecule has 1 aromatic rings. The zero-order chi connectivity index (χ0) is 10.8. The van der Waals surface area contributed by atoms with Gasteiger partial charge in [0, 0.05) is 6.42 Å². The highest BCUT2D eigenvalue weighted by Crippen LogP contribution is 2.27. The van der Waals surface area contributed by atoms with Crippen LogP contribution in [-0.2, 0) is 11.2 Å². The van der Waals surface area contributed by atoms with E-state index in [1.165, 1.54) is 16.7 Å². The molecule has 1 heteroatoms. The van der Waals surface area contributed by atoms with Gasteiger partial charge in [-0.2, -0.15) is 0 Å². The molecule has 1 aromatic carbocycles. The Morgan fingerprint density at radius 2 is 2.00 bits per heavy atom. The molecule has 0 bridgehead atoms. The van der Waals surface area contributed by atoms with Crippen LogP contribution in [0.4, 0.5) is 0 Å². The van der Waals surface area contributed by atoms with Gasteiger partial charge in [0.1, 0.15) is 0 Å². The second-order valence-electron chi connectivity index (χ2n) is 4.43. The highest BCUT2D eigenvalue weighted by Gasteiger charge is 2.11. The Morgan fingerprint density at radius 1 is 1.20 bits per heavy atom. The van der Waals surface area contributed by atoms with E-state index in [-0.39, 0.29) is 0 Å². The van der Waals surface area contributed by atoms with Crippen molar-refractivity contribution in [3.8, 4) is 0 Å². The molecule has 0 N–H and O–H groups in total. The van der Waals surface area contributed by atoms with E-state index in [0.717, 1.165) is 18.6 Å². The predicted octanol–water partition coefficient (Wildman–Crippen LogP) is 3.74. The summed E-state index contributed by atoms with van der Waals surface area (Å²) in [6.07, 6.45) is 4.30. The summed E-state index contributed by atoms with van der Waals surface area (Å²) in [5, 5.41) is 0. The first-order chi connectivity index (χ1) is 7.20. The van der Waals surface area contributed by atoms with Crippen molar-refractivity contribution in [2.24, 2.45) is 0 Å². The second kappa shape index (κ2) is 4.09. The summed E-state index contributed by atoms with van der Waals surface area (Å²) in [5.74, 6) is 1.71. The lowest BCUT2D eigenvalue weighted by atomic mass is 9.91. The smallest absolute Gasteiger partial charge is 0.0964 e. The minimum Gasteiger partial charge on any atom is -0.501 e. The molecule has 1 aliphatic carbocycles. The van der Waals surface area contributed by atoms with E-state index in [9.17, 15) is 0 Å². The van der Waals surface area contributed by atoms with Crippen LogP contribution in [0.1, 0.15) is 42.9 Å². The SMILES string of the molecule is COC1=Cc2ccc(C(C)C)cc2CC1. The maximum atomic E-state index is 5.29. The molecular weight excluding hydrogens is 184 g/mol. The second-order valence-corrected chi connectivity index (χ2v) is 4.43. The van der Waals surface area contributed by atoms with Crippen LogP contribution in [0, 0.1) is 0 Å². The first kappa shape index (κ1) is 10.3. The van der Waals surface area contributed by atoms with E-state index in [4.69, 9.17) is 4.74 Å². The lowest BCUT2D eigenvalue weighted by Crippen LogP contribution is -2.02. The molecule has 0 saturated carbocycles. The van der Waals surface area contributed by atoms with E-state index in [1.807, 2.05) is 0 Å². The van der Waals surface area contributed by atoms with E-state index >= 15 is 0 Å². The van der Waals surface area contributed by atoms with E-state index in [2.05, 4.69) is 38.1 Å². The number of hydrogen-bond acceptors (Lipinski definition) is 1. The van der Waals surface area contributed by atoms with Crippen LogP contribution in [0.2, 0.25) is 0 Å². The fourth-order valence-corrected chi connectivity index (χ4v) is 2.01. The van der Waals surface area contributed by atoms with Gasteiger partial charge in [-0.15, -0.1) is 0 Å². The lowest BCUT2D eigenvalue weighted by Gasteiger charge is -2.17. The molecule has 0 atom stereocenters. The van der Waals surface area contributed by atoms with Gasteiger partial charge < -0.3 is 4.74 Å². The van der Waals surface area contributed by atoms with Crippen molar-refractivity contribution in [1.82, 2.24) is 0 Å². The first-order valence-corrected chi connectivity index (χ1v) is 5.58. The Balaban J connectivity index is 2.36. The molecule has 0 amide bonds. The number of allylic oxidation sites excluding steroid dienone is 1. The number of hydrogen-bond donors (Lipinski definition) is 0. The van der Waals surface area contributed by atoms with Crippen molar-refractivity contribution in [3.63, 3.8) is 0 Å². The molecule has 15 heavy (non-hydrogen) atoms. The lowest BCUT2D eigenvalue weighted by molar-refractivity contribution is 0.280. The Kier molecular flexibility index (Phi) is 2.81. The van der Waals surface area contributed by atoms with Crippen LogP contribution in [-0.4, -0.2) is 7.11 Å². The van der Waals surface area contributed by atoms with Gasteiger partial charge in [0.25, 0.3) is 0 Å². The molecule has 0 spiro atoms. The summed E-state index contributed by atoms with van der Waals surface area (Å²) < 4.78 is 5.29. The van der Waals surface area contributed by atoms with Crippen molar-refractivity contribution in [3.05, 3.63) is 40.6 Å². The maximum absolute atomic E-state index is 5.29. The summed E-state index contributed by atoms with van der Waals surface area (Å²) in [6.45, 7) is 4.47. The number of ether oxygens (including phenoxy) is 1. The topological polar surface area (TPSA) is 9.23 Å². The molecule has 0 heterocycles. The third-order valence-electron chi connectivity index (χ3n) is 3.05. The van der Waals surface area contributed by atoms with Crippen LogP contribution < -0.4 is 0 Å². The Hall–Kier alpha value is -1.24. The van der Waals surface area contributed by atoms with Crippen molar-refractivity contribution < 1.29 is 4.74 Å². The maximum Gasteiger partial charge on any atom is 0.0964 e. The van der Waals surface area contributed by atoms with Gasteiger partial charge in [-0.3, -0.25) is 0 Å². The fourth-order valence-electron chi connectivity index (χ4n) is 2.01. The van der Waals surface area contributed by atoms with Crippen molar-refractivity contribution in [2.75, 3.05) is 7.11 Å². The monoisotopic (exact) mass is 202 g/mol. The summed E-state index contributed by atoms with van der Waals surface area (Å²) in [6, 6.07) is 6.77. The van der Waals surface area contributed by atoms with Crippen LogP contribution in [0.15, 0.2) is 24.0 Å². The molecular formula is C14H18O. The van der Waals surface area contributed by atoms with Gasteiger partial charge in [0.15, 0.2) is 0 Å². The average Bonchev–Trinajstić information content (AvgIpc) is 2.27. The van der Waals surface area contributed by atoms with Gasteiger partial charge in [-0.1, -0.05) is 32.0 Å². The highest BCUT2D eigenvalue weighted by molar-refractivity contribution is 5.59. The molecule has 2 rings (SSSR count). The Bertz CT molecular complexity index is 388. The molecule has 0 unspecified atom stereocenters. The summed E-state index contributed by atoms with van der Waals surface area (Å²) in [4.78, 5) is 0. The number of methoxy groups -OCH3 is 1. The molecule has 80 valence electrons. The predicted molar refractivity (Wildman–Crippen MR) is 63.8 cm³/mol. The number of benzene rings is 1. The highest BCUT2D eigenvalue weighted by atomic mass is 16.5. The fraction of sp³-hybridized carbons (Fsp3) is 0.429. The molecule has 1 nitrogen and oxygen atoms in total. The zero-order valence-electron chi connectivity index (χ0n) is 9.71. The van der Waals surface area contributed by atoms with Gasteiger partial charge >= 0.3 is 0 Å². The van der Waals surface area contributed by atoms with Gasteiger partial charge in [0.2, 0.25) is 0 Å². The van der Waals surface area contributed by atoms with Gasteiger partial charge in [-0.25, -0.2) is 0 Å². The Morgan fingerprint density at radius 3 is 2.67 bits per heavy atom. The van der Waals surface area contributed by atoms with E-state index in [1.54, 1.807) is 7.11 Å². The minimum atomic E-state index is 0.614. The number of rotatable bonds is 2. The average molecular weight is 202 g/mol. The first-order valence-electron chi connectivity index (χ1n) is 5.58. The van der Waals surface area contributed by atoms with E-state index in [0.29, 0.717) is 5.92 Å². The molecule has 0 radical (unpaired) electrons. The summed E-state index contributed by atoms with van der Waals surface area (Å²) >= 11 is 0. The molecule has 0 fully saturated rings. The summed E-state index contributed by atoms with van der Waals surface area (Å²) in [5.41, 5.74) is 4.22. The van der Waals surface area contributed by atoms with E-state index < -0.39 is 0 Å². The largest absolute Gasteiger partial charge is 0.501 e. The quantitative estimate of drug-likeness (QED) is 0.709. The number of aryl methyl sites for hydroxylation is 1. The van der Waals surface area contributed by atoms with Crippen molar-refractivity contribution in [2.45, 2.75) is 32.6 Å². The van der Waals surface area contributed by atoms with Crippen LogP contribution in [0.3, 0.4) is 0 Å². The van der Waals surface area contributed by atoms with Crippen molar-refractivity contribution in [1.29, 1.82) is 0 Å². The van der Waals surface area contributed by atoms with Crippen LogP contribution >= 0.6 is 0 Å².